The van der Waals surface area contributed by atoms with Crippen molar-refractivity contribution in [1.29, 1.82) is 0 Å². The number of thiophene rings is 1. The molecule has 0 aliphatic carbocycles. The molecular formula is C17H18N2O3S. The van der Waals surface area contributed by atoms with Crippen LogP contribution in [-0.2, 0) is 16.1 Å². The molecule has 120 valence electrons. The molecular weight excluding hydrogens is 312 g/mol. The highest BCUT2D eigenvalue weighted by molar-refractivity contribution is 7.10. The quantitative estimate of drug-likeness (QED) is 0.884. The van der Waals surface area contributed by atoms with Gasteiger partial charge in [0.2, 0.25) is 11.8 Å². The second-order valence-corrected chi connectivity index (χ2v) is 6.40. The Bertz CT molecular complexity index is 709. The van der Waals surface area contributed by atoms with Crippen LogP contribution in [0, 0.1) is 0 Å². The third kappa shape index (κ3) is 3.71. The van der Waals surface area contributed by atoms with E-state index in [1.807, 2.05) is 24.3 Å². The fourth-order valence-electron chi connectivity index (χ4n) is 2.52. The molecule has 2 aromatic rings. The van der Waals surface area contributed by atoms with Crippen LogP contribution in [0.4, 0.5) is 0 Å². The predicted molar refractivity (Wildman–Crippen MR) is 89.3 cm³/mol. The van der Waals surface area contributed by atoms with Crippen LogP contribution in [0.15, 0.2) is 35.7 Å². The minimum Gasteiger partial charge on any atom is -0.497 e. The number of rotatable bonds is 5. The van der Waals surface area contributed by atoms with Crippen molar-refractivity contribution in [2.75, 3.05) is 7.11 Å². The fourth-order valence-corrected chi connectivity index (χ4v) is 3.35. The molecule has 1 aromatic heterocycles. The van der Waals surface area contributed by atoms with Gasteiger partial charge in [0, 0.05) is 11.3 Å². The van der Waals surface area contributed by atoms with Crippen molar-refractivity contribution >= 4 is 23.2 Å². The highest BCUT2D eigenvalue weighted by Crippen LogP contribution is 2.27. The van der Waals surface area contributed by atoms with E-state index in [2.05, 4.69) is 22.1 Å². The number of hydrogen-bond acceptors (Lipinski definition) is 4. The van der Waals surface area contributed by atoms with Gasteiger partial charge in [0.25, 0.3) is 0 Å². The number of benzene rings is 1. The van der Waals surface area contributed by atoms with Gasteiger partial charge in [-0.25, -0.2) is 0 Å². The lowest BCUT2D eigenvalue weighted by atomic mass is 10.1. The Morgan fingerprint density at radius 3 is 2.78 bits per heavy atom. The van der Waals surface area contributed by atoms with Gasteiger partial charge < -0.3 is 15.4 Å². The summed E-state index contributed by atoms with van der Waals surface area (Å²) in [5.41, 5.74) is 2.23. The number of carbonyl (C=O) groups is 2. The lowest BCUT2D eigenvalue weighted by Gasteiger charge is -2.09. The van der Waals surface area contributed by atoms with E-state index in [0.717, 1.165) is 21.8 Å². The number of methoxy groups -OCH3 is 1. The molecule has 1 aromatic carbocycles. The number of amides is 2. The Morgan fingerprint density at radius 2 is 2.13 bits per heavy atom. The van der Waals surface area contributed by atoms with E-state index in [1.54, 1.807) is 18.4 Å². The first-order valence-electron chi connectivity index (χ1n) is 7.44. The second-order valence-electron chi connectivity index (χ2n) is 5.41. The Kier molecular flexibility index (Phi) is 4.62. The summed E-state index contributed by atoms with van der Waals surface area (Å²) in [6, 6.07) is 9.56. The minimum absolute atomic E-state index is 0.0527. The summed E-state index contributed by atoms with van der Waals surface area (Å²) in [6.45, 7) is 0.478. The Morgan fingerprint density at radius 1 is 1.35 bits per heavy atom. The molecule has 23 heavy (non-hydrogen) atoms. The minimum atomic E-state index is -0.386. The Balaban J connectivity index is 1.58. The van der Waals surface area contributed by atoms with Crippen molar-refractivity contribution in [2.24, 2.45) is 0 Å². The molecule has 3 rings (SSSR count). The first-order chi connectivity index (χ1) is 11.2. The number of nitrogens with one attached hydrogen (secondary N) is 2. The maximum atomic E-state index is 12.0. The molecule has 0 spiro atoms. The first kappa shape index (κ1) is 15.6. The SMILES string of the molecule is COc1ccc(-c2csc(CNC(=O)[C@H]3CCC(=O)N3)c2)cc1. The molecule has 1 fully saturated rings. The monoisotopic (exact) mass is 330 g/mol. The van der Waals surface area contributed by atoms with Gasteiger partial charge in [0.05, 0.1) is 13.7 Å². The molecule has 0 bridgehead atoms. The van der Waals surface area contributed by atoms with Gasteiger partial charge in [-0.2, -0.15) is 0 Å². The third-order valence-electron chi connectivity index (χ3n) is 3.83. The van der Waals surface area contributed by atoms with Crippen LogP contribution in [0.2, 0.25) is 0 Å². The first-order valence-corrected chi connectivity index (χ1v) is 8.32. The van der Waals surface area contributed by atoms with Gasteiger partial charge in [0.15, 0.2) is 0 Å². The van der Waals surface area contributed by atoms with Crippen molar-refractivity contribution in [1.82, 2.24) is 10.6 Å². The number of ether oxygens (including phenoxy) is 1. The lowest BCUT2D eigenvalue weighted by molar-refractivity contribution is -0.125. The maximum Gasteiger partial charge on any atom is 0.242 e. The highest BCUT2D eigenvalue weighted by Gasteiger charge is 2.26. The van der Waals surface area contributed by atoms with Gasteiger partial charge >= 0.3 is 0 Å². The van der Waals surface area contributed by atoms with Gasteiger partial charge in [-0.15, -0.1) is 11.3 Å². The smallest absolute Gasteiger partial charge is 0.242 e. The average molecular weight is 330 g/mol. The van der Waals surface area contributed by atoms with Crippen LogP contribution < -0.4 is 15.4 Å². The molecule has 1 saturated heterocycles. The zero-order valence-corrected chi connectivity index (χ0v) is 13.6. The van der Waals surface area contributed by atoms with E-state index in [4.69, 9.17) is 4.74 Å². The van der Waals surface area contributed by atoms with Crippen molar-refractivity contribution in [3.63, 3.8) is 0 Å². The van der Waals surface area contributed by atoms with Crippen LogP contribution in [0.3, 0.4) is 0 Å². The van der Waals surface area contributed by atoms with Gasteiger partial charge in [-0.3, -0.25) is 9.59 Å². The fraction of sp³-hybridized carbons (Fsp3) is 0.294. The molecule has 2 N–H and O–H groups in total. The molecule has 5 nitrogen and oxygen atoms in total. The molecule has 1 aliphatic heterocycles. The van der Waals surface area contributed by atoms with Crippen LogP contribution in [0.5, 0.6) is 5.75 Å². The van der Waals surface area contributed by atoms with Crippen molar-refractivity contribution < 1.29 is 14.3 Å². The zero-order valence-electron chi connectivity index (χ0n) is 12.8. The van der Waals surface area contributed by atoms with E-state index in [0.29, 0.717) is 19.4 Å². The maximum absolute atomic E-state index is 12.0. The van der Waals surface area contributed by atoms with E-state index in [1.165, 1.54) is 0 Å². The predicted octanol–water partition coefficient (Wildman–Crippen LogP) is 2.32. The van der Waals surface area contributed by atoms with E-state index in [9.17, 15) is 9.59 Å². The standard InChI is InChI=1S/C17H18N2O3S/c1-22-13-4-2-11(3-5-13)12-8-14(23-10-12)9-18-17(21)15-6-7-16(20)19-15/h2-5,8,10,15H,6-7,9H2,1H3,(H,18,21)(H,19,20)/t15-/m1/s1. The van der Waals surface area contributed by atoms with E-state index in [-0.39, 0.29) is 17.9 Å². The molecule has 0 saturated carbocycles. The molecule has 6 heteroatoms. The summed E-state index contributed by atoms with van der Waals surface area (Å²) in [6.07, 6.45) is 1.00. The van der Waals surface area contributed by atoms with Crippen LogP contribution in [0.1, 0.15) is 17.7 Å². The number of hydrogen-bond donors (Lipinski definition) is 2. The van der Waals surface area contributed by atoms with Crippen LogP contribution in [-0.4, -0.2) is 25.0 Å². The Labute approximate surface area is 138 Å². The average Bonchev–Trinajstić information content (AvgIpc) is 3.22. The van der Waals surface area contributed by atoms with Gasteiger partial charge in [-0.1, -0.05) is 12.1 Å². The summed E-state index contributed by atoms with van der Waals surface area (Å²) < 4.78 is 5.16. The second kappa shape index (κ2) is 6.83. The molecule has 1 aliphatic rings. The summed E-state index contributed by atoms with van der Waals surface area (Å²) >= 11 is 1.61. The normalized spacial score (nSPS) is 16.9. The van der Waals surface area contributed by atoms with E-state index < -0.39 is 0 Å². The molecule has 2 heterocycles. The van der Waals surface area contributed by atoms with Crippen LogP contribution >= 0.6 is 11.3 Å². The van der Waals surface area contributed by atoms with Crippen molar-refractivity contribution in [2.45, 2.75) is 25.4 Å². The topological polar surface area (TPSA) is 67.4 Å². The van der Waals surface area contributed by atoms with Crippen molar-refractivity contribution in [3.8, 4) is 16.9 Å². The van der Waals surface area contributed by atoms with Crippen LogP contribution in [0.25, 0.3) is 11.1 Å². The highest BCUT2D eigenvalue weighted by atomic mass is 32.1. The summed E-state index contributed by atoms with van der Waals surface area (Å²) in [5, 5.41) is 7.62. The number of carbonyl (C=O) groups excluding carboxylic acids is 2. The molecule has 0 unspecified atom stereocenters. The molecule has 0 radical (unpaired) electrons. The summed E-state index contributed by atoms with van der Waals surface area (Å²) in [4.78, 5) is 24.2. The van der Waals surface area contributed by atoms with Crippen molar-refractivity contribution in [3.05, 3.63) is 40.6 Å². The van der Waals surface area contributed by atoms with E-state index >= 15 is 0 Å². The van der Waals surface area contributed by atoms with Gasteiger partial charge in [-0.05, 0) is 41.1 Å². The molecule has 2 amide bonds. The van der Waals surface area contributed by atoms with Gasteiger partial charge in [0.1, 0.15) is 11.8 Å². The lowest BCUT2D eigenvalue weighted by Crippen LogP contribution is -2.41. The molecule has 1 atom stereocenters. The summed E-state index contributed by atoms with van der Waals surface area (Å²) in [5.74, 6) is 0.661. The largest absolute Gasteiger partial charge is 0.497 e. The summed E-state index contributed by atoms with van der Waals surface area (Å²) in [7, 11) is 1.65. The third-order valence-corrected chi connectivity index (χ3v) is 4.76. The Hall–Kier alpha value is -2.34. The zero-order chi connectivity index (χ0) is 16.2.